The topological polar surface area (TPSA) is 55.2 Å². The number of thiophene rings is 2. The lowest BCUT2D eigenvalue weighted by molar-refractivity contribution is -0.134. The maximum Gasteiger partial charge on any atom is 0.245 e. The van der Waals surface area contributed by atoms with Gasteiger partial charge in [0.15, 0.2) is 0 Å². The average Bonchev–Trinajstić information content (AvgIpc) is 3.41. The highest BCUT2D eigenvalue weighted by atomic mass is 32.1. The Hall–Kier alpha value is -2.77. The van der Waals surface area contributed by atoms with Gasteiger partial charge in [0.25, 0.3) is 0 Å². The fourth-order valence-electron chi connectivity index (χ4n) is 3.84. The van der Waals surface area contributed by atoms with Gasteiger partial charge in [-0.15, -0.1) is 22.7 Å². The highest BCUT2D eigenvalue weighted by molar-refractivity contribution is 7.10. The third-order valence-corrected chi connectivity index (χ3v) is 7.07. The number of hydrogen-bond acceptors (Lipinski definition) is 5. The first kappa shape index (κ1) is 17.3. The van der Waals surface area contributed by atoms with E-state index in [4.69, 9.17) is 0 Å². The normalized spacial score (nSPS) is 16.3. The molecule has 5 rings (SSSR count). The number of para-hydroxylation sites is 1. The van der Waals surface area contributed by atoms with Gasteiger partial charge in [0.05, 0.1) is 17.8 Å². The summed E-state index contributed by atoms with van der Waals surface area (Å²) >= 11 is 3.44. The molecular formula is C21H17N3O2S2. The van der Waals surface area contributed by atoms with E-state index in [-0.39, 0.29) is 23.9 Å². The summed E-state index contributed by atoms with van der Waals surface area (Å²) in [6.45, 7) is 0.801. The molecule has 0 saturated heterocycles. The van der Waals surface area contributed by atoms with Crippen LogP contribution < -0.4 is 5.43 Å². The van der Waals surface area contributed by atoms with Crippen LogP contribution in [-0.2, 0) is 17.8 Å². The van der Waals surface area contributed by atoms with Gasteiger partial charge in [0.2, 0.25) is 11.3 Å². The first-order valence-electron chi connectivity index (χ1n) is 9.06. The summed E-state index contributed by atoms with van der Waals surface area (Å²) in [6, 6.07) is 13.5. The Balaban J connectivity index is 1.52. The van der Waals surface area contributed by atoms with Gasteiger partial charge in [-0.2, -0.15) is 5.10 Å². The summed E-state index contributed by atoms with van der Waals surface area (Å²) < 4.78 is 1.63. The smallest absolute Gasteiger partial charge is 0.245 e. The number of nitrogens with zero attached hydrogens (tertiary/aromatic N) is 3. The predicted octanol–water partition coefficient (Wildman–Crippen LogP) is 3.69. The number of fused-ring (bicyclic) bond motifs is 2. The number of rotatable bonds is 3. The minimum atomic E-state index is -0.128. The Bertz CT molecular complexity index is 1210. The molecule has 4 heterocycles. The molecular weight excluding hydrogens is 390 g/mol. The number of hydrogen-bond donors (Lipinski definition) is 0. The number of carbonyl (C=O) groups is 1. The molecule has 0 N–H and O–H groups in total. The van der Waals surface area contributed by atoms with E-state index in [1.165, 1.54) is 21.5 Å². The van der Waals surface area contributed by atoms with E-state index in [1.807, 2.05) is 29.2 Å². The van der Waals surface area contributed by atoms with Crippen molar-refractivity contribution in [3.05, 3.63) is 85.0 Å². The number of amides is 1. The summed E-state index contributed by atoms with van der Waals surface area (Å²) in [5.74, 6) is 0.0107. The molecule has 5 nitrogen and oxygen atoms in total. The van der Waals surface area contributed by atoms with Crippen LogP contribution in [0.4, 0.5) is 0 Å². The summed E-state index contributed by atoms with van der Waals surface area (Å²) in [5.41, 5.74) is 1.78. The Morgan fingerprint density at radius 2 is 2.00 bits per heavy atom. The van der Waals surface area contributed by atoms with Crippen LogP contribution in [0.5, 0.6) is 0 Å². The Kier molecular flexibility index (Phi) is 4.33. The molecule has 28 heavy (non-hydrogen) atoms. The second-order valence-corrected chi connectivity index (χ2v) is 8.72. The molecule has 1 atom stereocenters. The summed E-state index contributed by atoms with van der Waals surface area (Å²) in [4.78, 5) is 29.9. The molecule has 7 heteroatoms. The molecule has 3 aromatic heterocycles. The SMILES string of the molecule is O=C(Cn1ncc(=O)c2ccccc21)N1CCc2sccc2[C@@H]1c1cccs1. The number of carbonyl (C=O) groups excluding carboxylic acids is 1. The second kappa shape index (κ2) is 7.00. The monoisotopic (exact) mass is 407 g/mol. The standard InChI is InChI=1S/C21H17N3O2S2/c25-17-12-22-24(16-5-2-1-4-14(16)17)13-20(26)23-9-7-18-15(8-11-28-18)21(23)19-6-3-10-27-19/h1-6,8,10-12,21H,7,9,13H2/t21-/m1/s1. The van der Waals surface area contributed by atoms with Gasteiger partial charge in [0.1, 0.15) is 6.54 Å². The third kappa shape index (κ3) is 2.87. The third-order valence-electron chi connectivity index (χ3n) is 5.15. The molecule has 0 unspecified atom stereocenters. The lowest BCUT2D eigenvalue weighted by Gasteiger charge is -2.35. The molecule has 140 valence electrons. The molecule has 1 amide bonds. The first-order chi connectivity index (χ1) is 13.7. The van der Waals surface area contributed by atoms with E-state index in [2.05, 4.69) is 28.0 Å². The lowest BCUT2D eigenvalue weighted by Crippen LogP contribution is -2.41. The van der Waals surface area contributed by atoms with E-state index in [9.17, 15) is 9.59 Å². The van der Waals surface area contributed by atoms with Crippen LogP contribution in [0.2, 0.25) is 0 Å². The van der Waals surface area contributed by atoms with E-state index in [0.29, 0.717) is 17.4 Å². The Morgan fingerprint density at radius 1 is 1.11 bits per heavy atom. The molecule has 1 aliphatic heterocycles. The van der Waals surface area contributed by atoms with Crippen molar-refractivity contribution in [3.63, 3.8) is 0 Å². The Morgan fingerprint density at radius 3 is 2.86 bits per heavy atom. The fourth-order valence-corrected chi connectivity index (χ4v) is 5.60. The highest BCUT2D eigenvalue weighted by Crippen LogP contribution is 2.39. The van der Waals surface area contributed by atoms with Crippen LogP contribution in [0.15, 0.2) is 64.2 Å². The van der Waals surface area contributed by atoms with Gasteiger partial charge in [-0.05, 0) is 47.0 Å². The van der Waals surface area contributed by atoms with Crippen LogP contribution in [0.3, 0.4) is 0 Å². The van der Waals surface area contributed by atoms with E-state index in [0.717, 1.165) is 6.42 Å². The van der Waals surface area contributed by atoms with Gasteiger partial charge >= 0.3 is 0 Å². The summed E-state index contributed by atoms with van der Waals surface area (Å²) in [6.07, 6.45) is 2.17. The maximum absolute atomic E-state index is 13.3. The van der Waals surface area contributed by atoms with Crippen LogP contribution in [-0.4, -0.2) is 27.1 Å². The molecule has 1 aliphatic rings. The van der Waals surface area contributed by atoms with E-state index >= 15 is 0 Å². The molecule has 1 aromatic carbocycles. The van der Waals surface area contributed by atoms with Crippen LogP contribution in [0.1, 0.15) is 21.4 Å². The van der Waals surface area contributed by atoms with Crippen molar-refractivity contribution < 1.29 is 4.79 Å². The van der Waals surface area contributed by atoms with Crippen molar-refractivity contribution in [1.29, 1.82) is 0 Å². The minimum Gasteiger partial charge on any atom is -0.329 e. The quantitative estimate of drug-likeness (QED) is 0.520. The van der Waals surface area contributed by atoms with Crippen LogP contribution >= 0.6 is 22.7 Å². The lowest BCUT2D eigenvalue weighted by atomic mass is 9.98. The average molecular weight is 408 g/mol. The minimum absolute atomic E-state index is 0.0107. The van der Waals surface area contributed by atoms with Crippen molar-refractivity contribution in [2.45, 2.75) is 19.0 Å². The molecule has 0 radical (unpaired) electrons. The summed E-state index contributed by atoms with van der Waals surface area (Å²) in [5, 5.41) is 8.97. The first-order valence-corrected chi connectivity index (χ1v) is 10.8. The van der Waals surface area contributed by atoms with Crippen molar-refractivity contribution in [3.8, 4) is 0 Å². The van der Waals surface area contributed by atoms with Gasteiger partial charge < -0.3 is 4.90 Å². The van der Waals surface area contributed by atoms with Crippen molar-refractivity contribution >= 4 is 39.5 Å². The van der Waals surface area contributed by atoms with Crippen molar-refractivity contribution in [2.24, 2.45) is 0 Å². The Labute approximate surface area is 169 Å². The zero-order valence-corrected chi connectivity index (χ0v) is 16.6. The second-order valence-electron chi connectivity index (χ2n) is 6.74. The number of benzene rings is 1. The molecule has 0 fully saturated rings. The van der Waals surface area contributed by atoms with Crippen LogP contribution in [0.25, 0.3) is 10.9 Å². The largest absolute Gasteiger partial charge is 0.329 e. The molecule has 0 saturated carbocycles. The van der Waals surface area contributed by atoms with Crippen molar-refractivity contribution in [2.75, 3.05) is 6.54 Å². The van der Waals surface area contributed by atoms with Crippen molar-refractivity contribution in [1.82, 2.24) is 14.7 Å². The maximum atomic E-state index is 13.3. The number of aromatic nitrogens is 2. The molecule has 0 aliphatic carbocycles. The van der Waals surface area contributed by atoms with Crippen LogP contribution in [0, 0.1) is 0 Å². The van der Waals surface area contributed by atoms with E-state index < -0.39 is 0 Å². The van der Waals surface area contributed by atoms with Gasteiger partial charge in [-0.3, -0.25) is 14.3 Å². The fraction of sp³-hybridized carbons (Fsp3) is 0.190. The zero-order valence-electron chi connectivity index (χ0n) is 14.9. The predicted molar refractivity (Wildman–Crippen MR) is 112 cm³/mol. The molecule has 4 aromatic rings. The zero-order chi connectivity index (χ0) is 19.1. The van der Waals surface area contributed by atoms with Gasteiger partial charge in [-0.1, -0.05) is 18.2 Å². The van der Waals surface area contributed by atoms with Gasteiger partial charge in [0, 0.05) is 21.7 Å². The molecule has 0 spiro atoms. The highest BCUT2D eigenvalue weighted by Gasteiger charge is 2.33. The van der Waals surface area contributed by atoms with E-state index in [1.54, 1.807) is 33.4 Å². The van der Waals surface area contributed by atoms with Gasteiger partial charge in [-0.25, -0.2) is 0 Å². The summed E-state index contributed by atoms with van der Waals surface area (Å²) in [7, 11) is 0. The molecule has 0 bridgehead atoms.